The first-order valence-electron chi connectivity index (χ1n) is 6.83. The van der Waals surface area contributed by atoms with E-state index in [1.54, 1.807) is 17.5 Å². The van der Waals surface area contributed by atoms with E-state index >= 15 is 0 Å². The van der Waals surface area contributed by atoms with E-state index in [2.05, 4.69) is 17.2 Å². The highest BCUT2D eigenvalue weighted by Crippen LogP contribution is 2.33. The Kier molecular flexibility index (Phi) is 4.24. The second kappa shape index (κ2) is 6.12. The number of hydrogen-bond acceptors (Lipinski definition) is 4. The van der Waals surface area contributed by atoms with Crippen LogP contribution >= 0.6 is 22.9 Å². The molecule has 1 fully saturated rings. The summed E-state index contributed by atoms with van der Waals surface area (Å²) in [5.41, 5.74) is 0.936. The largest absolute Gasteiger partial charge is 0.487 e. The second-order valence-corrected chi connectivity index (χ2v) is 6.32. The van der Waals surface area contributed by atoms with Gasteiger partial charge in [0.2, 0.25) is 0 Å². The number of nitrogens with one attached hydrogen (secondary N) is 1. The predicted molar refractivity (Wildman–Crippen MR) is 83.7 cm³/mol. The van der Waals surface area contributed by atoms with Crippen LogP contribution in [0.2, 0.25) is 5.15 Å². The van der Waals surface area contributed by atoms with Crippen molar-refractivity contribution in [3.63, 3.8) is 0 Å². The van der Waals surface area contributed by atoms with Gasteiger partial charge < -0.3 is 10.1 Å². The average molecular weight is 309 g/mol. The van der Waals surface area contributed by atoms with Crippen LogP contribution in [0, 0.1) is 0 Å². The summed E-state index contributed by atoms with van der Waals surface area (Å²) in [7, 11) is 0. The molecule has 106 valence electrons. The third kappa shape index (κ3) is 2.97. The summed E-state index contributed by atoms with van der Waals surface area (Å²) in [5, 5.41) is 6.01. The van der Waals surface area contributed by atoms with Crippen LogP contribution in [0.25, 0.3) is 10.4 Å². The first-order valence-corrected chi connectivity index (χ1v) is 8.09. The van der Waals surface area contributed by atoms with Crippen molar-refractivity contribution in [2.75, 3.05) is 6.54 Å². The highest BCUT2D eigenvalue weighted by atomic mass is 35.5. The lowest BCUT2D eigenvalue weighted by Gasteiger charge is -2.21. The monoisotopic (exact) mass is 308 g/mol. The van der Waals surface area contributed by atoms with Crippen molar-refractivity contribution in [3.05, 3.63) is 34.9 Å². The van der Waals surface area contributed by atoms with Crippen molar-refractivity contribution in [1.82, 2.24) is 10.3 Å². The molecule has 2 aromatic rings. The predicted octanol–water partition coefficient (Wildman–Crippen LogP) is 3.98. The molecule has 2 aromatic heterocycles. The van der Waals surface area contributed by atoms with E-state index in [-0.39, 0.29) is 6.10 Å². The first kappa shape index (κ1) is 13.9. The Morgan fingerprint density at radius 3 is 3.15 bits per heavy atom. The smallest absolute Gasteiger partial charge is 0.138 e. The lowest BCUT2D eigenvalue weighted by Crippen LogP contribution is -2.36. The van der Waals surface area contributed by atoms with Gasteiger partial charge in [-0.25, -0.2) is 4.98 Å². The molecule has 0 spiro atoms. The minimum atomic E-state index is 0.136. The van der Waals surface area contributed by atoms with Crippen LogP contribution < -0.4 is 10.1 Å². The molecule has 0 saturated carbocycles. The number of halogens is 1. The van der Waals surface area contributed by atoms with Crippen molar-refractivity contribution in [1.29, 1.82) is 0 Å². The van der Waals surface area contributed by atoms with Gasteiger partial charge in [0.15, 0.2) is 0 Å². The highest BCUT2D eigenvalue weighted by Gasteiger charge is 2.22. The lowest BCUT2D eigenvalue weighted by molar-refractivity contribution is 0.179. The van der Waals surface area contributed by atoms with Crippen LogP contribution in [0.4, 0.5) is 0 Å². The molecule has 1 N–H and O–H groups in total. The summed E-state index contributed by atoms with van der Waals surface area (Å²) < 4.78 is 6.01. The average Bonchev–Trinajstić information content (AvgIpc) is 3.14. The summed E-state index contributed by atoms with van der Waals surface area (Å²) in [5.74, 6) is 0.777. The van der Waals surface area contributed by atoms with Crippen molar-refractivity contribution < 1.29 is 4.74 Å². The molecule has 1 aliphatic rings. The van der Waals surface area contributed by atoms with Crippen LogP contribution in [0.15, 0.2) is 29.8 Å². The number of hydrogen-bond donors (Lipinski definition) is 1. The minimum absolute atomic E-state index is 0.136. The van der Waals surface area contributed by atoms with Gasteiger partial charge in [0.1, 0.15) is 17.0 Å². The van der Waals surface area contributed by atoms with Crippen molar-refractivity contribution >= 4 is 22.9 Å². The van der Waals surface area contributed by atoms with Gasteiger partial charge in [0.05, 0.1) is 6.20 Å². The maximum absolute atomic E-state index is 6.18. The molecule has 3 nitrogen and oxygen atoms in total. The van der Waals surface area contributed by atoms with E-state index in [4.69, 9.17) is 16.3 Å². The molecule has 0 aromatic carbocycles. The number of rotatable bonds is 4. The van der Waals surface area contributed by atoms with E-state index < -0.39 is 0 Å². The summed E-state index contributed by atoms with van der Waals surface area (Å²) in [6, 6.07) is 6.46. The topological polar surface area (TPSA) is 34.1 Å². The molecule has 3 heterocycles. The Hall–Kier alpha value is -1.10. The highest BCUT2D eigenvalue weighted by molar-refractivity contribution is 7.13. The fraction of sp³-hybridized carbons (Fsp3) is 0.400. The molecule has 3 rings (SSSR count). The van der Waals surface area contributed by atoms with E-state index in [1.165, 1.54) is 12.8 Å². The lowest BCUT2D eigenvalue weighted by atomic mass is 10.1. The SMILES string of the molecule is CC(Oc1cnc(Cl)c(-c2cccs2)c1)[C@@H]1CCCN1. The molecule has 1 aliphatic heterocycles. The molecular weight excluding hydrogens is 292 g/mol. The zero-order chi connectivity index (χ0) is 13.9. The fourth-order valence-electron chi connectivity index (χ4n) is 2.51. The van der Waals surface area contributed by atoms with Crippen molar-refractivity contribution in [3.8, 4) is 16.2 Å². The van der Waals surface area contributed by atoms with Crippen LogP contribution in [0.1, 0.15) is 19.8 Å². The molecular formula is C15H17ClN2OS. The number of aromatic nitrogens is 1. The molecule has 0 aliphatic carbocycles. The van der Waals surface area contributed by atoms with Crippen LogP contribution in [-0.2, 0) is 0 Å². The summed E-state index contributed by atoms with van der Waals surface area (Å²) in [4.78, 5) is 5.35. The second-order valence-electron chi connectivity index (χ2n) is 5.01. The maximum Gasteiger partial charge on any atom is 0.138 e. The Labute approximate surface area is 127 Å². The molecule has 20 heavy (non-hydrogen) atoms. The number of pyridine rings is 1. The maximum atomic E-state index is 6.18. The van der Waals surface area contributed by atoms with Gasteiger partial charge in [-0.2, -0.15) is 0 Å². The van der Waals surface area contributed by atoms with Gasteiger partial charge in [0, 0.05) is 16.5 Å². The molecule has 5 heteroatoms. The van der Waals surface area contributed by atoms with Gasteiger partial charge in [-0.1, -0.05) is 17.7 Å². The molecule has 1 saturated heterocycles. The minimum Gasteiger partial charge on any atom is -0.487 e. The number of ether oxygens (including phenoxy) is 1. The van der Waals surface area contributed by atoms with Gasteiger partial charge >= 0.3 is 0 Å². The van der Waals surface area contributed by atoms with E-state index in [0.717, 1.165) is 22.7 Å². The molecule has 0 radical (unpaired) electrons. The fourth-order valence-corrected chi connectivity index (χ4v) is 3.51. The van der Waals surface area contributed by atoms with Gasteiger partial charge in [-0.05, 0) is 43.8 Å². The van der Waals surface area contributed by atoms with Crippen molar-refractivity contribution in [2.45, 2.75) is 31.9 Å². The summed E-state index contributed by atoms with van der Waals surface area (Å²) in [6.45, 7) is 3.18. The number of nitrogens with zero attached hydrogens (tertiary/aromatic N) is 1. The van der Waals surface area contributed by atoms with E-state index in [0.29, 0.717) is 11.2 Å². The van der Waals surface area contributed by atoms with E-state index in [1.807, 2.05) is 23.6 Å². The Bertz CT molecular complexity index is 567. The Morgan fingerprint density at radius 1 is 1.55 bits per heavy atom. The molecule has 0 bridgehead atoms. The van der Waals surface area contributed by atoms with Gasteiger partial charge in [-0.3, -0.25) is 0 Å². The third-order valence-electron chi connectivity index (χ3n) is 3.59. The van der Waals surface area contributed by atoms with Crippen LogP contribution in [-0.4, -0.2) is 23.7 Å². The van der Waals surface area contributed by atoms with Gasteiger partial charge in [-0.15, -0.1) is 11.3 Å². The summed E-state index contributed by atoms with van der Waals surface area (Å²) in [6.07, 6.45) is 4.22. The normalized spacial score (nSPS) is 20.0. The van der Waals surface area contributed by atoms with Crippen LogP contribution in [0.3, 0.4) is 0 Å². The zero-order valence-corrected chi connectivity index (χ0v) is 12.9. The van der Waals surface area contributed by atoms with E-state index in [9.17, 15) is 0 Å². The first-order chi connectivity index (χ1) is 9.74. The van der Waals surface area contributed by atoms with Crippen molar-refractivity contribution in [2.24, 2.45) is 0 Å². The number of thiophene rings is 1. The Balaban J connectivity index is 1.78. The molecule has 1 unspecified atom stereocenters. The zero-order valence-electron chi connectivity index (χ0n) is 11.3. The summed E-state index contributed by atoms with van der Waals surface area (Å²) >= 11 is 7.83. The van der Waals surface area contributed by atoms with Gasteiger partial charge in [0.25, 0.3) is 0 Å². The molecule has 2 atom stereocenters. The quantitative estimate of drug-likeness (QED) is 0.867. The standard InChI is InChI=1S/C15H17ClN2OS/c1-10(13-4-2-6-17-13)19-11-8-12(15(16)18-9-11)14-5-3-7-20-14/h3,5,7-10,13,17H,2,4,6H2,1H3/t10?,13-/m0/s1. The molecule has 0 amide bonds. The van der Waals surface area contributed by atoms with Crippen LogP contribution in [0.5, 0.6) is 5.75 Å². The Morgan fingerprint density at radius 2 is 2.45 bits per heavy atom. The third-order valence-corrected chi connectivity index (χ3v) is 4.79.